The van der Waals surface area contributed by atoms with Crippen LogP contribution < -0.4 is 5.56 Å². The number of fused-ring (bicyclic) bond motifs is 1. The monoisotopic (exact) mass is 244 g/mol. The lowest BCUT2D eigenvalue weighted by Gasteiger charge is -1.98. The van der Waals surface area contributed by atoms with Gasteiger partial charge in [0.2, 0.25) is 0 Å². The van der Waals surface area contributed by atoms with Crippen molar-refractivity contribution in [2.45, 2.75) is 6.92 Å². The molecule has 0 radical (unpaired) electrons. The Morgan fingerprint density at radius 2 is 2.33 bits per heavy atom. The zero-order valence-electron chi connectivity index (χ0n) is 9.84. The van der Waals surface area contributed by atoms with Crippen LogP contribution in [-0.4, -0.2) is 22.5 Å². The maximum Gasteiger partial charge on any atom is 0.330 e. The van der Waals surface area contributed by atoms with E-state index in [1.165, 1.54) is 12.4 Å². The largest absolute Gasteiger partial charge is 0.463 e. The van der Waals surface area contributed by atoms with Crippen molar-refractivity contribution >= 4 is 22.9 Å². The van der Waals surface area contributed by atoms with Crippen LogP contribution in [0.3, 0.4) is 0 Å². The second-order valence-electron chi connectivity index (χ2n) is 3.59. The van der Waals surface area contributed by atoms with E-state index < -0.39 is 5.97 Å². The topological polar surface area (TPSA) is 72.0 Å². The van der Waals surface area contributed by atoms with Crippen LogP contribution in [0.1, 0.15) is 12.5 Å². The number of nitrogens with one attached hydrogen (secondary N) is 1. The molecule has 0 aliphatic rings. The maximum atomic E-state index is 11.6. The van der Waals surface area contributed by atoms with Gasteiger partial charge in [0.25, 0.3) is 5.56 Å². The zero-order chi connectivity index (χ0) is 13.0. The molecule has 0 unspecified atom stereocenters. The van der Waals surface area contributed by atoms with Crippen molar-refractivity contribution in [2.75, 3.05) is 6.61 Å². The highest BCUT2D eigenvalue weighted by atomic mass is 16.5. The third kappa shape index (κ3) is 2.63. The highest BCUT2D eigenvalue weighted by Crippen LogP contribution is 2.10. The van der Waals surface area contributed by atoms with Crippen LogP contribution in [0, 0.1) is 0 Å². The number of carbonyl (C=O) groups excluding carboxylic acids is 1. The van der Waals surface area contributed by atoms with Crippen LogP contribution >= 0.6 is 0 Å². The van der Waals surface area contributed by atoms with E-state index in [1.807, 2.05) is 0 Å². The number of rotatable bonds is 3. The Morgan fingerprint density at radius 3 is 3.11 bits per heavy atom. The van der Waals surface area contributed by atoms with E-state index in [-0.39, 0.29) is 5.56 Å². The van der Waals surface area contributed by atoms with Gasteiger partial charge in [0.15, 0.2) is 0 Å². The molecule has 0 saturated heterocycles. The quantitative estimate of drug-likeness (QED) is 0.656. The lowest BCUT2D eigenvalue weighted by molar-refractivity contribution is -0.137. The fourth-order valence-electron chi connectivity index (χ4n) is 1.54. The first kappa shape index (κ1) is 12.0. The van der Waals surface area contributed by atoms with E-state index >= 15 is 0 Å². The van der Waals surface area contributed by atoms with E-state index in [0.29, 0.717) is 17.5 Å². The van der Waals surface area contributed by atoms with Crippen LogP contribution in [0.4, 0.5) is 0 Å². The minimum atomic E-state index is -0.405. The van der Waals surface area contributed by atoms with E-state index in [4.69, 9.17) is 4.74 Å². The van der Waals surface area contributed by atoms with E-state index in [2.05, 4.69) is 9.97 Å². The first-order chi connectivity index (χ1) is 8.70. The minimum Gasteiger partial charge on any atom is -0.463 e. The predicted molar refractivity (Wildman–Crippen MR) is 68.0 cm³/mol. The Morgan fingerprint density at radius 1 is 1.50 bits per heavy atom. The van der Waals surface area contributed by atoms with Crippen molar-refractivity contribution in [1.82, 2.24) is 9.97 Å². The fourth-order valence-corrected chi connectivity index (χ4v) is 1.54. The number of esters is 1. The molecule has 0 bridgehead atoms. The van der Waals surface area contributed by atoms with Crippen LogP contribution in [0.25, 0.3) is 17.0 Å². The van der Waals surface area contributed by atoms with Crippen molar-refractivity contribution < 1.29 is 9.53 Å². The number of hydrogen-bond acceptors (Lipinski definition) is 4. The SMILES string of the molecule is CCOC(=O)C=Cc1ccc2nc[nH]c(=O)c2c1. The number of aromatic amines is 1. The van der Waals surface area contributed by atoms with Gasteiger partial charge in [0.1, 0.15) is 0 Å². The third-order valence-electron chi connectivity index (χ3n) is 2.36. The molecule has 1 N–H and O–H groups in total. The highest BCUT2D eigenvalue weighted by molar-refractivity contribution is 5.88. The van der Waals surface area contributed by atoms with Crippen LogP contribution in [0.2, 0.25) is 0 Å². The van der Waals surface area contributed by atoms with Crippen LogP contribution in [0.5, 0.6) is 0 Å². The molecule has 0 fully saturated rings. The summed E-state index contributed by atoms with van der Waals surface area (Å²) in [5, 5.41) is 0.489. The molecule has 1 aromatic heterocycles. The van der Waals surface area contributed by atoms with E-state index in [0.717, 1.165) is 5.56 Å². The molecule has 5 heteroatoms. The summed E-state index contributed by atoms with van der Waals surface area (Å²) >= 11 is 0. The summed E-state index contributed by atoms with van der Waals surface area (Å²) in [5.74, 6) is -0.405. The normalized spacial score (nSPS) is 10.9. The summed E-state index contributed by atoms with van der Waals surface area (Å²) in [6.45, 7) is 2.08. The van der Waals surface area contributed by atoms with Crippen molar-refractivity contribution in [3.8, 4) is 0 Å². The smallest absolute Gasteiger partial charge is 0.330 e. The highest BCUT2D eigenvalue weighted by Gasteiger charge is 2.00. The second kappa shape index (κ2) is 5.27. The molecule has 0 amide bonds. The summed E-state index contributed by atoms with van der Waals surface area (Å²) < 4.78 is 4.77. The zero-order valence-corrected chi connectivity index (χ0v) is 9.84. The van der Waals surface area contributed by atoms with E-state index in [1.54, 1.807) is 31.2 Å². The first-order valence-electron chi connectivity index (χ1n) is 5.53. The number of benzene rings is 1. The van der Waals surface area contributed by atoms with Gasteiger partial charge in [0.05, 0.1) is 23.8 Å². The van der Waals surface area contributed by atoms with Crippen molar-refractivity contribution in [1.29, 1.82) is 0 Å². The predicted octanol–water partition coefficient (Wildman–Crippen LogP) is 1.50. The van der Waals surface area contributed by atoms with Crippen molar-refractivity contribution in [3.63, 3.8) is 0 Å². The summed E-state index contributed by atoms with van der Waals surface area (Å²) in [6.07, 6.45) is 4.29. The van der Waals surface area contributed by atoms with Gasteiger partial charge >= 0.3 is 5.97 Å². The molecular formula is C13H12N2O3. The number of aromatic nitrogens is 2. The van der Waals surface area contributed by atoms with Gasteiger partial charge in [-0.3, -0.25) is 4.79 Å². The average molecular weight is 244 g/mol. The van der Waals surface area contributed by atoms with Crippen LogP contribution in [0.15, 0.2) is 35.4 Å². The molecule has 1 aromatic carbocycles. The molecule has 0 aliphatic carbocycles. The van der Waals surface area contributed by atoms with Gasteiger partial charge in [0, 0.05) is 6.08 Å². The number of H-pyrrole nitrogens is 1. The van der Waals surface area contributed by atoms with Gasteiger partial charge in [-0.15, -0.1) is 0 Å². The molecule has 92 valence electrons. The van der Waals surface area contributed by atoms with Crippen molar-refractivity contribution in [2.24, 2.45) is 0 Å². The number of ether oxygens (including phenoxy) is 1. The molecule has 0 aliphatic heterocycles. The van der Waals surface area contributed by atoms with Gasteiger partial charge in [-0.05, 0) is 30.7 Å². The molecule has 1 heterocycles. The molecule has 2 rings (SSSR count). The third-order valence-corrected chi connectivity index (χ3v) is 2.36. The second-order valence-corrected chi connectivity index (χ2v) is 3.59. The molecular weight excluding hydrogens is 232 g/mol. The Labute approximate surface area is 103 Å². The lowest BCUT2D eigenvalue weighted by Crippen LogP contribution is -2.06. The first-order valence-corrected chi connectivity index (χ1v) is 5.53. The Hall–Kier alpha value is -2.43. The maximum absolute atomic E-state index is 11.6. The summed E-state index contributed by atoms with van der Waals surface area (Å²) in [4.78, 5) is 29.3. The average Bonchev–Trinajstić information content (AvgIpc) is 2.37. The minimum absolute atomic E-state index is 0.202. The summed E-state index contributed by atoms with van der Waals surface area (Å²) in [7, 11) is 0. The lowest BCUT2D eigenvalue weighted by atomic mass is 10.1. The van der Waals surface area contributed by atoms with Crippen molar-refractivity contribution in [3.05, 3.63) is 46.5 Å². The van der Waals surface area contributed by atoms with Gasteiger partial charge in [-0.2, -0.15) is 0 Å². The Bertz CT molecular complexity index is 659. The summed E-state index contributed by atoms with van der Waals surface area (Å²) in [6, 6.07) is 5.19. The molecule has 0 spiro atoms. The van der Waals surface area contributed by atoms with Crippen LogP contribution in [-0.2, 0) is 9.53 Å². The Balaban J connectivity index is 2.33. The molecule has 18 heavy (non-hydrogen) atoms. The van der Waals surface area contributed by atoms with Gasteiger partial charge < -0.3 is 9.72 Å². The molecule has 0 atom stereocenters. The molecule has 5 nitrogen and oxygen atoms in total. The number of carbonyl (C=O) groups is 1. The summed E-state index contributed by atoms with van der Waals surface area (Å²) in [5.41, 5.74) is 1.16. The fraction of sp³-hybridized carbons (Fsp3) is 0.154. The number of hydrogen-bond donors (Lipinski definition) is 1. The van der Waals surface area contributed by atoms with E-state index in [9.17, 15) is 9.59 Å². The molecule has 2 aromatic rings. The Kier molecular flexibility index (Phi) is 3.52. The standard InChI is InChI=1S/C13H12N2O3/c1-2-18-12(16)6-4-9-3-5-11-10(7-9)13(17)15-8-14-11/h3-8H,2H2,1H3,(H,14,15,17). The number of nitrogens with zero attached hydrogens (tertiary/aromatic N) is 1. The molecule has 0 saturated carbocycles. The van der Waals surface area contributed by atoms with Gasteiger partial charge in [-0.1, -0.05) is 6.07 Å². The van der Waals surface area contributed by atoms with Gasteiger partial charge in [-0.25, -0.2) is 9.78 Å².